The summed E-state index contributed by atoms with van der Waals surface area (Å²) in [7, 11) is 1.88. The Morgan fingerprint density at radius 2 is 1.91 bits per heavy atom. The molecule has 2 fully saturated rings. The molecule has 9 heteroatoms. The average Bonchev–Trinajstić information content (AvgIpc) is 3.58. The first-order chi connectivity index (χ1) is 16.5. The quantitative estimate of drug-likeness (QED) is 0.462. The van der Waals surface area contributed by atoms with Crippen LogP contribution in [0.1, 0.15) is 44.9 Å². The van der Waals surface area contributed by atoms with Crippen LogP contribution in [0.4, 0.5) is 0 Å². The first-order valence-electron chi connectivity index (χ1n) is 11.7. The van der Waals surface area contributed by atoms with Crippen LogP contribution in [-0.2, 0) is 12.6 Å². The van der Waals surface area contributed by atoms with Gasteiger partial charge < -0.3 is 0 Å². The summed E-state index contributed by atoms with van der Waals surface area (Å²) in [5.74, 6) is 0.184. The molecule has 0 atom stereocenters. The Labute approximate surface area is 197 Å². The van der Waals surface area contributed by atoms with Crippen LogP contribution in [-0.4, -0.2) is 34.2 Å². The monoisotopic (exact) mass is 451 g/mol. The van der Waals surface area contributed by atoms with Crippen molar-refractivity contribution in [3.05, 3.63) is 43.1 Å². The van der Waals surface area contributed by atoms with Crippen molar-refractivity contribution in [1.82, 2.24) is 34.2 Å². The molecule has 0 amide bonds. The van der Waals surface area contributed by atoms with Gasteiger partial charge in [-0.25, -0.2) is 9.50 Å². The van der Waals surface area contributed by atoms with Gasteiger partial charge in [-0.1, -0.05) is 0 Å². The molecule has 170 valence electrons. The lowest BCUT2D eigenvalue weighted by Gasteiger charge is -2.57. The third-order valence-electron chi connectivity index (χ3n) is 7.75. The summed E-state index contributed by atoms with van der Waals surface area (Å²) in [5.41, 5.74) is 4.06. The maximum Gasteiger partial charge on any atom is 0.112 e. The Kier molecular flexibility index (Phi) is 4.56. The Morgan fingerprint density at radius 3 is 2.62 bits per heavy atom. The van der Waals surface area contributed by atoms with Gasteiger partial charge in [-0.15, -0.1) is 0 Å². The molecule has 9 nitrogen and oxygen atoms in total. The first-order valence-corrected chi connectivity index (χ1v) is 11.7. The van der Waals surface area contributed by atoms with Gasteiger partial charge in [-0.2, -0.15) is 25.8 Å². The van der Waals surface area contributed by atoms with Gasteiger partial charge in [0.05, 0.1) is 53.9 Å². The normalized spacial score (nSPS) is 26.3. The van der Waals surface area contributed by atoms with Crippen LogP contribution in [0, 0.1) is 34.0 Å². The van der Waals surface area contributed by atoms with Crippen molar-refractivity contribution in [2.45, 2.75) is 50.5 Å². The minimum absolute atomic E-state index is 0.184. The minimum Gasteiger partial charge on any atom is -0.275 e. The topological polar surface area (TPSA) is 113 Å². The van der Waals surface area contributed by atoms with E-state index in [1.807, 2.05) is 53.2 Å². The fraction of sp³-hybridized carbons (Fsp3) is 0.440. The van der Waals surface area contributed by atoms with E-state index in [2.05, 4.69) is 22.3 Å². The SMILES string of the molecule is Cn1ccc(-c2cn3nccc3c(-c3cnn(C4(CC#N)CC5(CCC(C#N)CC5)C4)c3)n2)n1. The second kappa shape index (κ2) is 7.53. The van der Waals surface area contributed by atoms with E-state index in [1.54, 1.807) is 10.9 Å². The van der Waals surface area contributed by atoms with Crippen LogP contribution < -0.4 is 0 Å². The molecule has 2 aliphatic rings. The second-order valence-electron chi connectivity index (χ2n) is 10.0. The number of nitriles is 2. The third kappa shape index (κ3) is 3.19. The number of aryl methyl sites for hydroxylation is 1. The Bertz CT molecular complexity index is 1440. The Hall–Kier alpha value is -3.98. The molecule has 1 spiro atoms. The van der Waals surface area contributed by atoms with Crippen LogP contribution in [0.15, 0.2) is 43.1 Å². The molecule has 0 radical (unpaired) electrons. The predicted octanol–water partition coefficient (Wildman–Crippen LogP) is 4.10. The number of hydrogen-bond acceptors (Lipinski definition) is 6. The highest BCUT2D eigenvalue weighted by atomic mass is 15.3. The molecule has 0 unspecified atom stereocenters. The molecule has 0 bridgehead atoms. The lowest BCUT2D eigenvalue weighted by molar-refractivity contribution is -0.0646. The van der Waals surface area contributed by atoms with Gasteiger partial charge in [0.15, 0.2) is 0 Å². The van der Waals surface area contributed by atoms with Gasteiger partial charge in [0.25, 0.3) is 0 Å². The molecule has 2 saturated carbocycles. The van der Waals surface area contributed by atoms with Crippen LogP contribution in [0.3, 0.4) is 0 Å². The van der Waals surface area contributed by atoms with Crippen molar-refractivity contribution in [2.75, 3.05) is 0 Å². The lowest BCUT2D eigenvalue weighted by Crippen LogP contribution is -2.54. The van der Waals surface area contributed by atoms with E-state index < -0.39 is 0 Å². The predicted molar refractivity (Wildman–Crippen MR) is 124 cm³/mol. The van der Waals surface area contributed by atoms with E-state index in [4.69, 9.17) is 10.1 Å². The van der Waals surface area contributed by atoms with E-state index in [-0.39, 0.29) is 16.9 Å². The van der Waals surface area contributed by atoms with Crippen LogP contribution >= 0.6 is 0 Å². The smallest absolute Gasteiger partial charge is 0.112 e. The average molecular weight is 452 g/mol. The number of rotatable bonds is 4. The van der Waals surface area contributed by atoms with Crippen molar-refractivity contribution < 1.29 is 0 Å². The molecule has 2 aliphatic carbocycles. The molecular weight excluding hydrogens is 426 g/mol. The minimum atomic E-state index is -0.290. The van der Waals surface area contributed by atoms with Crippen LogP contribution in [0.2, 0.25) is 0 Å². The van der Waals surface area contributed by atoms with Gasteiger partial charge in [-0.05, 0) is 56.1 Å². The highest BCUT2D eigenvalue weighted by Gasteiger charge is 2.56. The Morgan fingerprint density at radius 1 is 1.09 bits per heavy atom. The van der Waals surface area contributed by atoms with Crippen molar-refractivity contribution >= 4 is 5.52 Å². The van der Waals surface area contributed by atoms with E-state index in [0.717, 1.165) is 66.7 Å². The molecule has 6 rings (SSSR count). The maximum absolute atomic E-state index is 9.63. The molecule has 4 heterocycles. The molecule has 0 N–H and O–H groups in total. The molecule has 0 aromatic carbocycles. The zero-order chi connectivity index (χ0) is 23.3. The van der Waals surface area contributed by atoms with Crippen LogP contribution in [0.25, 0.3) is 28.2 Å². The van der Waals surface area contributed by atoms with Gasteiger partial charge in [-0.3, -0.25) is 9.36 Å². The van der Waals surface area contributed by atoms with Crippen molar-refractivity contribution in [3.8, 4) is 34.8 Å². The highest BCUT2D eigenvalue weighted by Crippen LogP contribution is 2.61. The number of hydrogen-bond donors (Lipinski definition) is 0. The number of nitrogens with zero attached hydrogens (tertiary/aromatic N) is 9. The fourth-order valence-corrected chi connectivity index (χ4v) is 6.09. The summed E-state index contributed by atoms with van der Waals surface area (Å²) < 4.78 is 5.57. The standard InChI is InChI=1S/C25H25N9/c1-32-11-5-20(31-32)21-15-33-22(4-10-28-33)23(30-21)19-13-29-34(14-19)25(8-9-26)16-24(17-25)6-2-18(12-27)3-7-24/h4-5,10-11,13-15,18H,2-3,6-8,16-17H2,1H3. The van der Waals surface area contributed by atoms with Gasteiger partial charge in [0.2, 0.25) is 0 Å². The molecule has 0 saturated heterocycles. The van der Waals surface area contributed by atoms with Crippen molar-refractivity contribution in [3.63, 3.8) is 0 Å². The lowest BCUT2D eigenvalue weighted by atomic mass is 9.50. The molecule has 0 aliphatic heterocycles. The summed E-state index contributed by atoms with van der Waals surface area (Å²) in [6.07, 6.45) is 15.8. The summed E-state index contributed by atoms with van der Waals surface area (Å²) in [5, 5.41) is 32.5. The maximum atomic E-state index is 9.63. The summed E-state index contributed by atoms with van der Waals surface area (Å²) >= 11 is 0. The zero-order valence-electron chi connectivity index (χ0n) is 19.1. The van der Waals surface area contributed by atoms with Gasteiger partial charge >= 0.3 is 0 Å². The highest BCUT2D eigenvalue weighted by molar-refractivity contribution is 5.77. The van der Waals surface area contributed by atoms with Crippen molar-refractivity contribution in [2.24, 2.45) is 18.4 Å². The van der Waals surface area contributed by atoms with E-state index >= 15 is 0 Å². The van der Waals surface area contributed by atoms with Crippen LogP contribution in [0.5, 0.6) is 0 Å². The van der Waals surface area contributed by atoms with Gasteiger partial charge in [0, 0.05) is 30.9 Å². The largest absolute Gasteiger partial charge is 0.275 e. The summed E-state index contributed by atoms with van der Waals surface area (Å²) in [6.45, 7) is 0. The third-order valence-corrected chi connectivity index (χ3v) is 7.75. The Balaban J connectivity index is 1.34. The number of fused-ring (bicyclic) bond motifs is 1. The molecule has 4 aromatic heterocycles. The van der Waals surface area contributed by atoms with Crippen molar-refractivity contribution in [1.29, 1.82) is 10.5 Å². The van der Waals surface area contributed by atoms with E-state index in [0.29, 0.717) is 6.42 Å². The number of aromatic nitrogens is 7. The molecular formula is C25H25N9. The fourth-order valence-electron chi connectivity index (χ4n) is 6.09. The molecule has 34 heavy (non-hydrogen) atoms. The van der Waals surface area contributed by atoms with E-state index in [9.17, 15) is 10.5 Å². The second-order valence-corrected chi connectivity index (χ2v) is 10.0. The molecule has 4 aromatic rings. The summed E-state index contributed by atoms with van der Waals surface area (Å²) in [6, 6.07) is 8.71. The zero-order valence-corrected chi connectivity index (χ0v) is 19.1. The summed E-state index contributed by atoms with van der Waals surface area (Å²) in [4.78, 5) is 4.93. The van der Waals surface area contributed by atoms with Gasteiger partial charge in [0.1, 0.15) is 11.4 Å². The van der Waals surface area contributed by atoms with E-state index in [1.165, 1.54) is 0 Å². The first kappa shape index (κ1) is 20.6.